The quantitative estimate of drug-likeness (QED) is 0.673. The molecule has 28 heavy (non-hydrogen) atoms. The van der Waals surface area contributed by atoms with E-state index >= 15 is 0 Å². The molecule has 8 heteroatoms. The number of hydrogen-bond acceptors (Lipinski definition) is 4. The second-order valence-electron chi connectivity index (χ2n) is 6.11. The SMILES string of the molecule is CCOC(=O)c1ccc(N2CCN(Cc3ccccc3OC(F)F)C2=O)cc1. The minimum Gasteiger partial charge on any atom is -0.462 e. The Morgan fingerprint density at radius 3 is 2.50 bits per heavy atom. The molecule has 0 spiro atoms. The molecule has 3 rings (SSSR count). The Hall–Kier alpha value is -3.16. The van der Waals surface area contributed by atoms with Crippen molar-refractivity contribution in [2.75, 3.05) is 24.6 Å². The second kappa shape index (κ2) is 8.69. The summed E-state index contributed by atoms with van der Waals surface area (Å²) in [5.74, 6) is -0.360. The third-order valence-electron chi connectivity index (χ3n) is 4.33. The fourth-order valence-electron chi connectivity index (χ4n) is 3.01. The summed E-state index contributed by atoms with van der Waals surface area (Å²) in [4.78, 5) is 27.6. The third-order valence-corrected chi connectivity index (χ3v) is 4.33. The number of halogens is 2. The van der Waals surface area contributed by atoms with Gasteiger partial charge in [-0.15, -0.1) is 0 Å². The molecule has 0 radical (unpaired) electrons. The summed E-state index contributed by atoms with van der Waals surface area (Å²) in [5.41, 5.74) is 1.57. The number of para-hydroxylation sites is 1. The van der Waals surface area contributed by atoms with Gasteiger partial charge in [0, 0.05) is 24.3 Å². The molecule has 2 aromatic carbocycles. The maximum atomic E-state index is 12.7. The number of carbonyl (C=O) groups is 2. The number of nitrogens with zero attached hydrogens (tertiary/aromatic N) is 2. The van der Waals surface area contributed by atoms with Crippen LogP contribution >= 0.6 is 0 Å². The van der Waals surface area contributed by atoms with Crippen molar-refractivity contribution < 1.29 is 27.8 Å². The number of urea groups is 1. The monoisotopic (exact) mass is 390 g/mol. The number of benzene rings is 2. The molecule has 148 valence electrons. The molecule has 1 aliphatic heterocycles. The van der Waals surface area contributed by atoms with Crippen molar-refractivity contribution in [3.63, 3.8) is 0 Å². The molecular weight excluding hydrogens is 370 g/mol. The first-order valence-electron chi connectivity index (χ1n) is 8.86. The summed E-state index contributed by atoms with van der Waals surface area (Å²) in [6, 6.07) is 12.8. The van der Waals surface area contributed by atoms with Crippen LogP contribution in [-0.4, -0.2) is 43.2 Å². The maximum Gasteiger partial charge on any atom is 0.387 e. The molecule has 2 amide bonds. The maximum absolute atomic E-state index is 12.7. The van der Waals surface area contributed by atoms with Crippen LogP contribution in [0.5, 0.6) is 5.75 Å². The molecular formula is C20H20F2N2O4. The van der Waals surface area contributed by atoms with E-state index < -0.39 is 12.6 Å². The summed E-state index contributed by atoms with van der Waals surface area (Å²) in [6.45, 7) is 0.158. The van der Waals surface area contributed by atoms with Gasteiger partial charge < -0.3 is 14.4 Å². The highest BCUT2D eigenvalue weighted by atomic mass is 19.3. The van der Waals surface area contributed by atoms with Gasteiger partial charge in [-0.05, 0) is 37.3 Å². The molecule has 0 aromatic heterocycles. The van der Waals surface area contributed by atoms with Crippen LogP contribution in [0.2, 0.25) is 0 Å². The lowest BCUT2D eigenvalue weighted by Gasteiger charge is -2.20. The van der Waals surface area contributed by atoms with Crippen LogP contribution in [0.3, 0.4) is 0 Å². The van der Waals surface area contributed by atoms with Crippen molar-refractivity contribution in [1.82, 2.24) is 4.90 Å². The smallest absolute Gasteiger partial charge is 0.387 e. The van der Waals surface area contributed by atoms with Gasteiger partial charge in [0.2, 0.25) is 0 Å². The van der Waals surface area contributed by atoms with E-state index in [1.165, 1.54) is 6.07 Å². The van der Waals surface area contributed by atoms with Gasteiger partial charge in [0.15, 0.2) is 0 Å². The molecule has 6 nitrogen and oxygen atoms in total. The highest BCUT2D eigenvalue weighted by molar-refractivity contribution is 5.95. The van der Waals surface area contributed by atoms with E-state index in [4.69, 9.17) is 4.74 Å². The lowest BCUT2D eigenvalue weighted by Crippen LogP contribution is -2.31. The number of ether oxygens (including phenoxy) is 2. The number of amides is 2. The van der Waals surface area contributed by atoms with Crippen LogP contribution in [0.15, 0.2) is 48.5 Å². The fraction of sp³-hybridized carbons (Fsp3) is 0.300. The number of hydrogen-bond donors (Lipinski definition) is 0. The van der Waals surface area contributed by atoms with Gasteiger partial charge >= 0.3 is 18.6 Å². The largest absolute Gasteiger partial charge is 0.462 e. The average molecular weight is 390 g/mol. The number of carbonyl (C=O) groups excluding carboxylic acids is 2. The second-order valence-corrected chi connectivity index (χ2v) is 6.11. The Bertz CT molecular complexity index is 842. The van der Waals surface area contributed by atoms with E-state index in [-0.39, 0.29) is 24.9 Å². The van der Waals surface area contributed by atoms with E-state index in [1.807, 2.05) is 0 Å². The Morgan fingerprint density at radius 1 is 1.11 bits per heavy atom. The Balaban J connectivity index is 1.69. The van der Waals surface area contributed by atoms with Crippen LogP contribution in [0.1, 0.15) is 22.8 Å². The van der Waals surface area contributed by atoms with Gasteiger partial charge in [-0.3, -0.25) is 4.90 Å². The molecule has 0 N–H and O–H groups in total. The van der Waals surface area contributed by atoms with Crippen molar-refractivity contribution in [2.24, 2.45) is 0 Å². The Labute approximate surface area is 161 Å². The summed E-state index contributed by atoms with van der Waals surface area (Å²) in [7, 11) is 0. The van der Waals surface area contributed by atoms with Crippen molar-refractivity contribution in [1.29, 1.82) is 0 Å². The molecule has 0 saturated carbocycles. The molecule has 0 aliphatic carbocycles. The van der Waals surface area contributed by atoms with Crippen molar-refractivity contribution in [2.45, 2.75) is 20.1 Å². The minimum atomic E-state index is -2.93. The Kier molecular flexibility index (Phi) is 6.08. The fourth-order valence-corrected chi connectivity index (χ4v) is 3.01. The molecule has 1 saturated heterocycles. The first kappa shape index (κ1) is 19.6. The summed E-state index contributed by atoms with van der Waals surface area (Å²) in [6.07, 6.45) is 0. The number of alkyl halides is 2. The van der Waals surface area contributed by atoms with Crippen LogP contribution in [0.25, 0.3) is 0 Å². The zero-order valence-electron chi connectivity index (χ0n) is 15.3. The Morgan fingerprint density at radius 2 is 1.82 bits per heavy atom. The van der Waals surface area contributed by atoms with Crippen LogP contribution in [-0.2, 0) is 11.3 Å². The molecule has 0 unspecified atom stereocenters. The van der Waals surface area contributed by atoms with E-state index in [0.717, 1.165) is 0 Å². The molecule has 0 bridgehead atoms. The standard InChI is InChI=1S/C20H20F2N2O4/c1-2-27-18(25)14-7-9-16(10-8-14)24-12-11-23(20(24)26)13-15-5-3-4-6-17(15)28-19(21)22/h3-10,19H,2,11-13H2,1H3. The van der Waals surface area contributed by atoms with Gasteiger partial charge in [-0.25, -0.2) is 9.59 Å². The molecule has 1 fully saturated rings. The molecule has 1 aliphatic rings. The first-order chi connectivity index (χ1) is 13.5. The predicted octanol–water partition coefficient (Wildman–Crippen LogP) is 3.91. The molecule has 2 aromatic rings. The zero-order valence-corrected chi connectivity index (χ0v) is 15.3. The van der Waals surface area contributed by atoms with E-state index in [0.29, 0.717) is 29.9 Å². The van der Waals surface area contributed by atoms with Crippen LogP contribution in [0, 0.1) is 0 Å². The summed E-state index contributed by atoms with van der Waals surface area (Å²) in [5, 5.41) is 0. The van der Waals surface area contributed by atoms with Crippen LogP contribution in [0.4, 0.5) is 19.3 Å². The minimum absolute atomic E-state index is 0.0579. The van der Waals surface area contributed by atoms with Gasteiger partial charge in [-0.1, -0.05) is 18.2 Å². The first-order valence-corrected chi connectivity index (χ1v) is 8.86. The lowest BCUT2D eigenvalue weighted by atomic mass is 10.2. The number of rotatable bonds is 7. The molecule has 0 atom stereocenters. The van der Waals surface area contributed by atoms with Gasteiger partial charge in [0.25, 0.3) is 0 Å². The summed E-state index contributed by atoms with van der Waals surface area (Å²) >= 11 is 0. The van der Waals surface area contributed by atoms with Crippen molar-refractivity contribution >= 4 is 17.7 Å². The average Bonchev–Trinajstić information content (AvgIpc) is 3.04. The van der Waals surface area contributed by atoms with E-state index in [9.17, 15) is 18.4 Å². The topological polar surface area (TPSA) is 59.1 Å². The highest BCUT2D eigenvalue weighted by Gasteiger charge is 2.30. The zero-order chi connectivity index (χ0) is 20.1. The van der Waals surface area contributed by atoms with E-state index in [2.05, 4.69) is 4.74 Å². The van der Waals surface area contributed by atoms with Crippen molar-refractivity contribution in [3.8, 4) is 5.75 Å². The molecule has 1 heterocycles. The van der Waals surface area contributed by atoms with Gasteiger partial charge in [0.1, 0.15) is 5.75 Å². The van der Waals surface area contributed by atoms with Crippen LogP contribution < -0.4 is 9.64 Å². The summed E-state index contributed by atoms with van der Waals surface area (Å²) < 4.78 is 34.6. The normalized spacial score (nSPS) is 13.9. The number of esters is 1. The predicted molar refractivity (Wildman–Crippen MR) is 98.6 cm³/mol. The third kappa shape index (κ3) is 4.39. The van der Waals surface area contributed by atoms with Gasteiger partial charge in [-0.2, -0.15) is 8.78 Å². The van der Waals surface area contributed by atoms with Crippen molar-refractivity contribution in [3.05, 3.63) is 59.7 Å². The van der Waals surface area contributed by atoms with E-state index in [1.54, 1.807) is 59.2 Å². The highest BCUT2D eigenvalue weighted by Crippen LogP contribution is 2.26. The van der Waals surface area contributed by atoms with Gasteiger partial charge in [0.05, 0.1) is 18.7 Å². The number of anilines is 1. The lowest BCUT2D eigenvalue weighted by molar-refractivity contribution is -0.0506.